The van der Waals surface area contributed by atoms with Gasteiger partial charge in [-0.15, -0.1) is 0 Å². The average Bonchev–Trinajstić information content (AvgIpc) is 3.36. The maximum Gasteiger partial charge on any atom is 0.309 e. The number of ether oxygens (including phenoxy) is 1. The second-order valence-corrected chi connectivity index (χ2v) is 10.9. The summed E-state index contributed by atoms with van der Waals surface area (Å²) in [6.45, 7) is 3.01. The molecule has 1 aliphatic heterocycles. The summed E-state index contributed by atoms with van der Waals surface area (Å²) < 4.78 is 35.7. The van der Waals surface area contributed by atoms with Gasteiger partial charge < -0.3 is 9.84 Å². The van der Waals surface area contributed by atoms with Crippen molar-refractivity contribution in [1.29, 1.82) is 0 Å². The molecular weight excluding hydrogens is 456 g/mol. The van der Waals surface area contributed by atoms with Crippen molar-refractivity contribution in [1.82, 2.24) is 19.1 Å². The van der Waals surface area contributed by atoms with Gasteiger partial charge in [0.1, 0.15) is 5.75 Å². The molecule has 2 atom stereocenters. The fourth-order valence-electron chi connectivity index (χ4n) is 5.15. The number of hydrogen-bond donors (Lipinski definition) is 1. The summed E-state index contributed by atoms with van der Waals surface area (Å²) in [7, 11) is -3.80. The van der Waals surface area contributed by atoms with E-state index in [0.29, 0.717) is 30.5 Å². The summed E-state index contributed by atoms with van der Waals surface area (Å²) in [5.41, 5.74) is 1.34. The number of sulfonamides is 1. The molecule has 10 heteroatoms. The van der Waals surface area contributed by atoms with Gasteiger partial charge in [0.25, 0.3) is 10.0 Å². The van der Waals surface area contributed by atoms with Gasteiger partial charge in [0.2, 0.25) is 0 Å². The Balaban J connectivity index is 1.50. The predicted molar refractivity (Wildman–Crippen MR) is 125 cm³/mol. The summed E-state index contributed by atoms with van der Waals surface area (Å²) in [6.07, 6.45) is 4.54. The molecule has 3 aromatic rings. The zero-order valence-electron chi connectivity index (χ0n) is 19.0. The molecule has 180 valence electrons. The van der Waals surface area contributed by atoms with Crippen LogP contribution in [0.2, 0.25) is 0 Å². The highest BCUT2D eigenvalue weighted by Crippen LogP contribution is 2.45. The number of aliphatic carboxylic acids is 1. The molecule has 0 unspecified atom stereocenters. The van der Waals surface area contributed by atoms with Gasteiger partial charge in [-0.05, 0) is 37.0 Å². The molecule has 1 saturated heterocycles. The van der Waals surface area contributed by atoms with Crippen molar-refractivity contribution in [2.24, 2.45) is 11.8 Å². The number of aromatic nitrogens is 3. The van der Waals surface area contributed by atoms with Gasteiger partial charge in [0.05, 0.1) is 36.5 Å². The van der Waals surface area contributed by atoms with E-state index in [1.807, 2.05) is 35.9 Å². The Bertz CT molecular complexity index is 1300. The van der Waals surface area contributed by atoms with Crippen LogP contribution in [0.5, 0.6) is 5.75 Å². The lowest BCUT2D eigenvalue weighted by molar-refractivity contribution is -0.136. The molecule has 0 radical (unpaired) electrons. The van der Waals surface area contributed by atoms with Crippen LogP contribution in [0.25, 0.3) is 10.9 Å². The minimum atomic E-state index is -3.80. The molecule has 5 rings (SSSR count). The summed E-state index contributed by atoms with van der Waals surface area (Å²) >= 11 is 0. The van der Waals surface area contributed by atoms with E-state index in [1.165, 1.54) is 16.6 Å². The molecule has 0 amide bonds. The lowest BCUT2D eigenvalue weighted by Gasteiger charge is -2.34. The molecule has 0 bridgehead atoms. The van der Waals surface area contributed by atoms with Crippen molar-refractivity contribution in [2.75, 3.05) is 19.7 Å². The van der Waals surface area contributed by atoms with E-state index >= 15 is 0 Å². The maximum absolute atomic E-state index is 13.5. The van der Waals surface area contributed by atoms with Crippen LogP contribution in [0.4, 0.5) is 0 Å². The van der Waals surface area contributed by atoms with E-state index in [0.717, 1.165) is 30.2 Å². The third-order valence-corrected chi connectivity index (χ3v) is 8.75. The first-order valence-corrected chi connectivity index (χ1v) is 13.1. The quantitative estimate of drug-likeness (QED) is 0.522. The molecule has 1 N–H and O–H groups in total. The van der Waals surface area contributed by atoms with Gasteiger partial charge in [-0.1, -0.05) is 37.5 Å². The number of fused-ring (bicyclic) bond motifs is 1. The van der Waals surface area contributed by atoms with Crippen molar-refractivity contribution in [2.45, 2.75) is 43.7 Å². The van der Waals surface area contributed by atoms with Crippen molar-refractivity contribution in [3.05, 3.63) is 48.3 Å². The van der Waals surface area contributed by atoms with E-state index in [-0.39, 0.29) is 30.0 Å². The van der Waals surface area contributed by atoms with Crippen molar-refractivity contribution >= 4 is 26.9 Å². The lowest BCUT2D eigenvalue weighted by Crippen LogP contribution is -2.31. The van der Waals surface area contributed by atoms with Crippen LogP contribution < -0.4 is 4.74 Å². The average molecular weight is 485 g/mol. The first-order valence-electron chi connectivity index (χ1n) is 11.7. The standard InChI is InChI=1S/C24H28N4O5S/c1-2-33-17-10-11-23(25-13-17)34(31,32)27-14-19(16-6-5-7-16)22(15-27)28-21-9-4-3-8-18(21)20(26-28)12-24(29)30/h3-4,8-11,13,16,19,22H,2,5-7,12,14-15H2,1H3,(H,29,30)/t19-,22-/m0/s1. The molecule has 2 fully saturated rings. The Kier molecular flexibility index (Phi) is 6.03. The van der Waals surface area contributed by atoms with E-state index in [1.54, 1.807) is 6.07 Å². The van der Waals surface area contributed by atoms with Crippen LogP contribution in [-0.4, -0.2) is 58.3 Å². The zero-order chi connectivity index (χ0) is 23.9. The smallest absolute Gasteiger partial charge is 0.309 e. The SMILES string of the molecule is CCOc1ccc(S(=O)(=O)N2C[C@@H](C3CCC3)[C@@H](n3nc(CC(=O)O)c4ccccc43)C2)nc1. The first kappa shape index (κ1) is 22.8. The zero-order valence-corrected chi connectivity index (χ0v) is 19.8. The van der Waals surface area contributed by atoms with Crippen molar-refractivity contribution in [3.8, 4) is 5.75 Å². The summed E-state index contributed by atoms with van der Waals surface area (Å²) in [5.74, 6) is 0.113. The minimum Gasteiger partial charge on any atom is -0.492 e. The Labute approximate surface area is 198 Å². The van der Waals surface area contributed by atoms with Gasteiger partial charge in [-0.3, -0.25) is 9.48 Å². The number of hydrogen-bond acceptors (Lipinski definition) is 6. The topological polar surface area (TPSA) is 115 Å². The maximum atomic E-state index is 13.5. The molecule has 2 aliphatic rings. The van der Waals surface area contributed by atoms with Crippen LogP contribution in [0.1, 0.15) is 37.9 Å². The largest absolute Gasteiger partial charge is 0.492 e. The monoisotopic (exact) mass is 484 g/mol. The molecule has 9 nitrogen and oxygen atoms in total. The van der Waals surface area contributed by atoms with E-state index in [9.17, 15) is 18.3 Å². The third kappa shape index (κ3) is 4.05. The molecule has 34 heavy (non-hydrogen) atoms. The lowest BCUT2D eigenvalue weighted by atomic mass is 9.74. The molecule has 2 aromatic heterocycles. The van der Waals surface area contributed by atoms with Gasteiger partial charge in [-0.25, -0.2) is 13.4 Å². The number of carboxylic acid groups (broad SMARTS) is 1. The Morgan fingerprint density at radius 1 is 1.18 bits per heavy atom. The van der Waals surface area contributed by atoms with Crippen molar-refractivity contribution < 1.29 is 23.1 Å². The number of carbonyl (C=O) groups is 1. The Hall–Kier alpha value is -2.98. The number of para-hydroxylation sites is 1. The van der Waals surface area contributed by atoms with Gasteiger partial charge >= 0.3 is 5.97 Å². The fourth-order valence-corrected chi connectivity index (χ4v) is 6.55. The number of carboxylic acids is 1. The highest BCUT2D eigenvalue weighted by atomic mass is 32.2. The van der Waals surface area contributed by atoms with Gasteiger partial charge in [-0.2, -0.15) is 9.40 Å². The number of benzene rings is 1. The van der Waals surface area contributed by atoms with E-state index in [4.69, 9.17) is 9.84 Å². The number of pyridine rings is 1. The van der Waals surface area contributed by atoms with Crippen molar-refractivity contribution in [3.63, 3.8) is 0 Å². The van der Waals surface area contributed by atoms with Crippen LogP contribution in [0, 0.1) is 11.8 Å². The fraction of sp³-hybridized carbons (Fsp3) is 0.458. The van der Waals surface area contributed by atoms with Crippen LogP contribution >= 0.6 is 0 Å². The molecule has 1 aromatic carbocycles. The highest BCUT2D eigenvalue weighted by molar-refractivity contribution is 7.89. The molecule has 3 heterocycles. The summed E-state index contributed by atoms with van der Waals surface area (Å²) in [5, 5.41) is 14.9. The van der Waals surface area contributed by atoms with Gasteiger partial charge in [0.15, 0.2) is 5.03 Å². The van der Waals surface area contributed by atoms with Crippen LogP contribution in [0.15, 0.2) is 47.6 Å². The number of nitrogens with zero attached hydrogens (tertiary/aromatic N) is 4. The van der Waals surface area contributed by atoms with Crippen LogP contribution in [-0.2, 0) is 21.2 Å². The number of rotatable bonds is 8. The van der Waals surface area contributed by atoms with Gasteiger partial charge in [0, 0.05) is 18.5 Å². The normalized spacial score (nSPS) is 21.6. The molecule has 1 saturated carbocycles. The minimum absolute atomic E-state index is 0.000789. The highest BCUT2D eigenvalue weighted by Gasteiger charge is 2.46. The molecule has 1 aliphatic carbocycles. The van der Waals surface area contributed by atoms with E-state index in [2.05, 4.69) is 4.98 Å². The van der Waals surface area contributed by atoms with E-state index < -0.39 is 16.0 Å². The molecular formula is C24H28N4O5S. The first-order chi connectivity index (χ1) is 16.4. The summed E-state index contributed by atoms with van der Waals surface area (Å²) in [4.78, 5) is 15.6. The summed E-state index contributed by atoms with van der Waals surface area (Å²) in [6, 6.07) is 10.5. The molecule has 0 spiro atoms. The second-order valence-electron chi connectivity index (χ2n) is 8.99. The second kappa shape index (κ2) is 8.99. The third-order valence-electron chi connectivity index (χ3n) is 7.00. The Morgan fingerprint density at radius 3 is 2.62 bits per heavy atom. The predicted octanol–water partition coefficient (Wildman–Crippen LogP) is 3.12. The van der Waals surface area contributed by atoms with Crippen LogP contribution in [0.3, 0.4) is 0 Å². The Morgan fingerprint density at radius 2 is 1.97 bits per heavy atom.